The smallest absolute Gasteiger partial charge is 0.410 e. The van der Waals surface area contributed by atoms with Crippen molar-refractivity contribution in [2.75, 3.05) is 26.2 Å². The topological polar surface area (TPSA) is 59.1 Å². The summed E-state index contributed by atoms with van der Waals surface area (Å²) < 4.78 is 10.9. The standard InChI is InChI=1S/C20H28N2O4/c1-20(2,3)26-19(24)21-10-9-16-11-22(13-17(16)12-21)18(23)25-14-15-7-5-4-6-8-15/h4-8,16-17H,9-14H2,1-3H3/t16-,17+/m0/s1. The predicted molar refractivity (Wildman–Crippen MR) is 97.6 cm³/mol. The van der Waals surface area contributed by atoms with E-state index in [9.17, 15) is 9.59 Å². The molecule has 2 heterocycles. The van der Waals surface area contributed by atoms with Crippen LogP contribution in [0.5, 0.6) is 0 Å². The van der Waals surface area contributed by atoms with Crippen LogP contribution in [0.25, 0.3) is 0 Å². The molecule has 2 saturated heterocycles. The molecular weight excluding hydrogens is 332 g/mol. The number of fused-ring (bicyclic) bond motifs is 1. The molecule has 142 valence electrons. The van der Waals surface area contributed by atoms with E-state index >= 15 is 0 Å². The van der Waals surface area contributed by atoms with E-state index in [1.165, 1.54) is 0 Å². The van der Waals surface area contributed by atoms with Crippen molar-refractivity contribution in [1.82, 2.24) is 9.80 Å². The van der Waals surface area contributed by atoms with Crippen LogP contribution in [-0.2, 0) is 16.1 Å². The van der Waals surface area contributed by atoms with E-state index in [0.29, 0.717) is 38.0 Å². The number of carbonyl (C=O) groups is 2. The first-order valence-corrected chi connectivity index (χ1v) is 9.25. The quantitative estimate of drug-likeness (QED) is 0.810. The number of hydrogen-bond donors (Lipinski definition) is 0. The Morgan fingerprint density at radius 2 is 1.65 bits per heavy atom. The molecule has 2 fully saturated rings. The van der Waals surface area contributed by atoms with Gasteiger partial charge in [0, 0.05) is 26.2 Å². The SMILES string of the molecule is CC(C)(C)OC(=O)N1CC[C@H]2CN(C(=O)OCc3ccccc3)C[C@H]2C1. The summed E-state index contributed by atoms with van der Waals surface area (Å²) >= 11 is 0. The molecule has 0 unspecified atom stereocenters. The lowest BCUT2D eigenvalue weighted by Gasteiger charge is -2.35. The van der Waals surface area contributed by atoms with Gasteiger partial charge in [0.15, 0.2) is 0 Å². The molecule has 0 radical (unpaired) electrons. The van der Waals surface area contributed by atoms with Crippen LogP contribution >= 0.6 is 0 Å². The Hall–Kier alpha value is -2.24. The Bertz CT molecular complexity index is 641. The van der Waals surface area contributed by atoms with Gasteiger partial charge in [-0.3, -0.25) is 0 Å². The van der Waals surface area contributed by atoms with E-state index < -0.39 is 5.60 Å². The van der Waals surface area contributed by atoms with Gasteiger partial charge in [0.2, 0.25) is 0 Å². The van der Waals surface area contributed by atoms with Crippen LogP contribution in [0.2, 0.25) is 0 Å². The van der Waals surface area contributed by atoms with Crippen LogP contribution in [0, 0.1) is 11.8 Å². The average Bonchev–Trinajstić information content (AvgIpc) is 3.02. The lowest BCUT2D eigenvalue weighted by molar-refractivity contribution is 0.0139. The average molecular weight is 360 g/mol. The van der Waals surface area contributed by atoms with E-state index in [2.05, 4.69) is 0 Å². The van der Waals surface area contributed by atoms with E-state index in [0.717, 1.165) is 12.0 Å². The maximum Gasteiger partial charge on any atom is 0.410 e. The van der Waals surface area contributed by atoms with E-state index in [4.69, 9.17) is 9.47 Å². The highest BCUT2D eigenvalue weighted by molar-refractivity contribution is 5.69. The number of ether oxygens (including phenoxy) is 2. The number of rotatable bonds is 2. The molecule has 26 heavy (non-hydrogen) atoms. The minimum atomic E-state index is -0.489. The van der Waals surface area contributed by atoms with E-state index in [-0.39, 0.29) is 18.8 Å². The molecule has 0 saturated carbocycles. The molecule has 2 atom stereocenters. The van der Waals surface area contributed by atoms with Gasteiger partial charge in [0.25, 0.3) is 0 Å². The monoisotopic (exact) mass is 360 g/mol. The van der Waals surface area contributed by atoms with Gasteiger partial charge in [-0.15, -0.1) is 0 Å². The van der Waals surface area contributed by atoms with E-state index in [1.807, 2.05) is 51.1 Å². The van der Waals surface area contributed by atoms with Gasteiger partial charge in [-0.1, -0.05) is 30.3 Å². The second kappa shape index (κ2) is 7.56. The molecule has 0 spiro atoms. The minimum absolute atomic E-state index is 0.263. The van der Waals surface area contributed by atoms with Crippen LogP contribution in [0.1, 0.15) is 32.8 Å². The lowest BCUT2D eigenvalue weighted by Crippen LogP contribution is -2.45. The summed E-state index contributed by atoms with van der Waals surface area (Å²) in [5, 5.41) is 0. The zero-order valence-electron chi connectivity index (χ0n) is 15.8. The largest absolute Gasteiger partial charge is 0.445 e. The summed E-state index contributed by atoms with van der Waals surface area (Å²) in [6.45, 7) is 8.58. The van der Waals surface area contributed by atoms with Crippen molar-refractivity contribution in [2.24, 2.45) is 11.8 Å². The minimum Gasteiger partial charge on any atom is -0.445 e. The van der Waals surface area contributed by atoms with Crippen molar-refractivity contribution in [1.29, 1.82) is 0 Å². The summed E-state index contributed by atoms with van der Waals surface area (Å²) in [5.74, 6) is 0.721. The van der Waals surface area contributed by atoms with Crippen molar-refractivity contribution in [3.63, 3.8) is 0 Å². The molecule has 2 aliphatic rings. The molecule has 0 N–H and O–H groups in total. The number of likely N-dealkylation sites (tertiary alicyclic amines) is 2. The second-order valence-corrected chi connectivity index (χ2v) is 8.18. The van der Waals surface area contributed by atoms with Crippen LogP contribution in [0.4, 0.5) is 9.59 Å². The van der Waals surface area contributed by atoms with Crippen molar-refractivity contribution in [3.8, 4) is 0 Å². The van der Waals surface area contributed by atoms with Crippen LogP contribution in [0.3, 0.4) is 0 Å². The molecule has 0 aromatic heterocycles. The zero-order valence-corrected chi connectivity index (χ0v) is 15.8. The molecule has 0 aliphatic carbocycles. The van der Waals surface area contributed by atoms with Crippen molar-refractivity contribution < 1.29 is 19.1 Å². The van der Waals surface area contributed by atoms with Gasteiger partial charge < -0.3 is 19.3 Å². The molecular formula is C20H28N2O4. The van der Waals surface area contributed by atoms with Gasteiger partial charge in [-0.2, -0.15) is 0 Å². The van der Waals surface area contributed by atoms with Gasteiger partial charge >= 0.3 is 12.2 Å². The second-order valence-electron chi connectivity index (χ2n) is 8.18. The number of benzene rings is 1. The molecule has 2 amide bonds. The molecule has 3 rings (SSSR count). The van der Waals surface area contributed by atoms with Crippen molar-refractivity contribution in [2.45, 2.75) is 39.4 Å². The summed E-state index contributed by atoms with van der Waals surface area (Å²) in [4.78, 5) is 28.2. The van der Waals surface area contributed by atoms with Crippen LogP contribution in [0.15, 0.2) is 30.3 Å². The number of carbonyl (C=O) groups excluding carboxylic acids is 2. The Balaban J connectivity index is 1.50. The molecule has 0 bridgehead atoms. The number of piperidine rings is 1. The third-order valence-electron chi connectivity index (χ3n) is 4.92. The summed E-state index contributed by atoms with van der Waals surface area (Å²) in [6.07, 6.45) is 0.361. The Morgan fingerprint density at radius 1 is 1.00 bits per heavy atom. The molecule has 2 aliphatic heterocycles. The number of hydrogen-bond acceptors (Lipinski definition) is 4. The van der Waals surface area contributed by atoms with E-state index in [1.54, 1.807) is 9.80 Å². The molecule has 6 nitrogen and oxygen atoms in total. The fraction of sp³-hybridized carbons (Fsp3) is 0.600. The Morgan fingerprint density at radius 3 is 2.35 bits per heavy atom. The maximum absolute atomic E-state index is 12.4. The van der Waals surface area contributed by atoms with Crippen LogP contribution < -0.4 is 0 Å². The third-order valence-corrected chi connectivity index (χ3v) is 4.92. The molecule has 6 heteroatoms. The van der Waals surface area contributed by atoms with Crippen molar-refractivity contribution in [3.05, 3.63) is 35.9 Å². The highest BCUT2D eigenvalue weighted by atomic mass is 16.6. The van der Waals surface area contributed by atoms with Crippen molar-refractivity contribution >= 4 is 12.2 Å². The lowest BCUT2D eigenvalue weighted by atomic mass is 9.89. The summed E-state index contributed by atoms with van der Waals surface area (Å²) in [5.41, 5.74) is 0.491. The zero-order chi connectivity index (χ0) is 18.7. The van der Waals surface area contributed by atoms with Gasteiger partial charge in [-0.25, -0.2) is 9.59 Å². The maximum atomic E-state index is 12.4. The fourth-order valence-electron chi connectivity index (χ4n) is 3.62. The predicted octanol–water partition coefficient (Wildman–Crippen LogP) is 3.51. The Labute approximate surface area is 155 Å². The summed E-state index contributed by atoms with van der Waals surface area (Å²) in [7, 11) is 0. The molecule has 1 aromatic carbocycles. The highest BCUT2D eigenvalue weighted by Gasteiger charge is 2.41. The van der Waals surface area contributed by atoms with Gasteiger partial charge in [0.05, 0.1) is 0 Å². The highest BCUT2D eigenvalue weighted by Crippen LogP contribution is 2.32. The summed E-state index contributed by atoms with van der Waals surface area (Å²) in [6, 6.07) is 9.68. The number of nitrogens with zero attached hydrogens (tertiary/aromatic N) is 2. The van der Waals surface area contributed by atoms with Crippen LogP contribution in [-0.4, -0.2) is 53.8 Å². The molecule has 1 aromatic rings. The first kappa shape index (κ1) is 18.5. The normalized spacial score (nSPS) is 22.7. The van der Waals surface area contributed by atoms with Gasteiger partial charge in [0.1, 0.15) is 12.2 Å². The third kappa shape index (κ3) is 4.68. The fourth-order valence-corrected chi connectivity index (χ4v) is 3.62. The van der Waals surface area contributed by atoms with Gasteiger partial charge in [-0.05, 0) is 44.6 Å². The Kier molecular flexibility index (Phi) is 5.39. The first-order chi connectivity index (χ1) is 12.3. The number of amides is 2. The first-order valence-electron chi connectivity index (χ1n) is 9.25.